The van der Waals surface area contributed by atoms with Crippen molar-refractivity contribution in [3.8, 4) is 11.6 Å². The Morgan fingerprint density at radius 1 is 1.00 bits per heavy atom. The van der Waals surface area contributed by atoms with E-state index in [-0.39, 0.29) is 34.5 Å². The molecule has 0 radical (unpaired) electrons. The third kappa shape index (κ3) is 6.51. The molecule has 37 heavy (non-hydrogen) atoms. The Labute approximate surface area is 207 Å². The van der Waals surface area contributed by atoms with Crippen LogP contribution in [-0.4, -0.2) is 32.7 Å². The van der Waals surface area contributed by atoms with Crippen molar-refractivity contribution in [2.24, 2.45) is 0 Å². The van der Waals surface area contributed by atoms with Gasteiger partial charge in [0.05, 0.1) is 10.9 Å². The largest absolute Gasteiger partial charge is 0.444 e. The topological polar surface area (TPSA) is 128 Å². The number of alkyl halides is 3. The van der Waals surface area contributed by atoms with E-state index in [0.29, 0.717) is 5.39 Å². The van der Waals surface area contributed by atoms with Gasteiger partial charge in [-0.25, -0.2) is 9.78 Å². The second-order valence-corrected chi connectivity index (χ2v) is 8.67. The molecule has 13 heteroatoms. The fourth-order valence-corrected chi connectivity index (χ4v) is 3.08. The lowest BCUT2D eigenvalue weighted by molar-refractivity contribution is -0.137. The molecule has 0 fully saturated rings. The van der Waals surface area contributed by atoms with Gasteiger partial charge in [0.25, 0.3) is 5.91 Å². The minimum absolute atomic E-state index is 0.0407. The number of carbonyl (C=O) groups is 2. The Morgan fingerprint density at radius 2 is 1.78 bits per heavy atom. The normalized spacial score (nSPS) is 11.7. The summed E-state index contributed by atoms with van der Waals surface area (Å²) < 4.78 is 54.8. The van der Waals surface area contributed by atoms with Crippen LogP contribution in [0.15, 0.2) is 59.3 Å². The van der Waals surface area contributed by atoms with E-state index in [1.54, 1.807) is 20.8 Å². The maximum absolute atomic E-state index is 12.9. The van der Waals surface area contributed by atoms with E-state index in [1.807, 2.05) is 0 Å². The molecule has 2 heterocycles. The van der Waals surface area contributed by atoms with Gasteiger partial charge in [-0.15, -0.1) is 0 Å². The first-order chi connectivity index (χ1) is 17.4. The summed E-state index contributed by atoms with van der Waals surface area (Å²) in [7, 11) is 0. The highest BCUT2D eigenvalue weighted by molar-refractivity contribution is 6.10. The van der Waals surface area contributed by atoms with Gasteiger partial charge in [0.15, 0.2) is 11.3 Å². The minimum atomic E-state index is -4.55. The number of hydrogen-bond donors (Lipinski definition) is 2. The molecule has 0 bridgehead atoms. The van der Waals surface area contributed by atoms with Crippen LogP contribution in [0.2, 0.25) is 0 Å². The molecular weight excluding hydrogens is 495 g/mol. The number of nitrogens with zero attached hydrogens (tertiary/aromatic N) is 3. The highest BCUT2D eigenvalue weighted by Gasteiger charge is 2.30. The molecule has 4 aromatic rings. The SMILES string of the molecule is CC(C)(C)OC(=O)Nc1nccc(Oc2ccc3c(C(=O)Nc4cccc(C(F)(F)F)c4)noc3c2)n1. The van der Waals surface area contributed by atoms with E-state index < -0.39 is 29.3 Å². The number of anilines is 2. The number of aromatic nitrogens is 3. The van der Waals surface area contributed by atoms with Crippen molar-refractivity contribution in [3.05, 3.63) is 66.0 Å². The van der Waals surface area contributed by atoms with E-state index >= 15 is 0 Å². The maximum atomic E-state index is 12.9. The fraction of sp³-hybridized carbons (Fsp3) is 0.208. The molecule has 2 aromatic heterocycles. The molecule has 2 amide bonds. The molecule has 192 valence electrons. The zero-order chi connectivity index (χ0) is 26.8. The first kappa shape index (κ1) is 25.4. The Morgan fingerprint density at radius 3 is 2.51 bits per heavy atom. The smallest absolute Gasteiger partial charge is 0.416 e. The highest BCUT2D eigenvalue weighted by atomic mass is 19.4. The van der Waals surface area contributed by atoms with Crippen molar-refractivity contribution in [1.29, 1.82) is 0 Å². The molecule has 2 aromatic carbocycles. The summed E-state index contributed by atoms with van der Waals surface area (Å²) in [6.07, 6.45) is -3.91. The number of halogens is 3. The minimum Gasteiger partial charge on any atom is -0.444 e. The summed E-state index contributed by atoms with van der Waals surface area (Å²) in [4.78, 5) is 32.6. The van der Waals surface area contributed by atoms with Crippen LogP contribution in [0.3, 0.4) is 0 Å². The summed E-state index contributed by atoms with van der Waals surface area (Å²) >= 11 is 0. The van der Waals surface area contributed by atoms with E-state index in [9.17, 15) is 22.8 Å². The number of rotatable bonds is 5. The number of carbonyl (C=O) groups excluding carboxylic acids is 2. The van der Waals surface area contributed by atoms with Gasteiger partial charge in [0.1, 0.15) is 11.4 Å². The molecule has 0 aliphatic rings. The Bertz CT molecular complexity index is 1460. The third-order valence-electron chi connectivity index (χ3n) is 4.57. The number of nitrogens with one attached hydrogen (secondary N) is 2. The maximum Gasteiger partial charge on any atom is 0.416 e. The lowest BCUT2D eigenvalue weighted by atomic mass is 10.1. The lowest BCUT2D eigenvalue weighted by Crippen LogP contribution is -2.27. The van der Waals surface area contributed by atoms with Crippen LogP contribution in [0, 0.1) is 0 Å². The first-order valence-corrected chi connectivity index (χ1v) is 10.8. The molecule has 4 rings (SSSR count). The second kappa shape index (κ2) is 9.76. The van der Waals surface area contributed by atoms with Gasteiger partial charge in [-0.1, -0.05) is 11.2 Å². The number of benzene rings is 2. The van der Waals surface area contributed by atoms with Crippen molar-refractivity contribution in [2.45, 2.75) is 32.5 Å². The zero-order valence-corrected chi connectivity index (χ0v) is 19.7. The molecule has 10 nitrogen and oxygen atoms in total. The summed E-state index contributed by atoms with van der Waals surface area (Å²) in [5, 5.41) is 8.83. The van der Waals surface area contributed by atoms with Gasteiger partial charge in [-0.05, 0) is 51.1 Å². The van der Waals surface area contributed by atoms with Crippen molar-refractivity contribution >= 4 is 34.6 Å². The predicted octanol–water partition coefficient (Wildman–Crippen LogP) is 6.03. The second-order valence-electron chi connectivity index (χ2n) is 8.67. The van der Waals surface area contributed by atoms with Gasteiger partial charge in [0, 0.05) is 24.0 Å². The quantitative estimate of drug-likeness (QED) is 0.330. The fourth-order valence-electron chi connectivity index (χ4n) is 3.08. The Kier molecular flexibility index (Phi) is 6.70. The van der Waals surface area contributed by atoms with E-state index in [1.165, 1.54) is 42.6 Å². The molecule has 0 aliphatic carbocycles. The summed E-state index contributed by atoms with van der Waals surface area (Å²) in [6.45, 7) is 5.15. The third-order valence-corrected chi connectivity index (χ3v) is 4.57. The van der Waals surface area contributed by atoms with Crippen LogP contribution >= 0.6 is 0 Å². The predicted molar refractivity (Wildman–Crippen MR) is 125 cm³/mol. The van der Waals surface area contributed by atoms with Crippen molar-refractivity contribution in [1.82, 2.24) is 15.1 Å². The molecule has 0 aliphatic heterocycles. The monoisotopic (exact) mass is 515 g/mol. The molecule has 0 saturated heterocycles. The average molecular weight is 515 g/mol. The van der Waals surface area contributed by atoms with Crippen LogP contribution in [0.1, 0.15) is 36.8 Å². The first-order valence-electron chi connectivity index (χ1n) is 10.8. The van der Waals surface area contributed by atoms with Crippen LogP contribution in [0.25, 0.3) is 11.0 Å². The van der Waals surface area contributed by atoms with Crippen molar-refractivity contribution in [2.75, 3.05) is 10.6 Å². The van der Waals surface area contributed by atoms with E-state index in [2.05, 4.69) is 25.8 Å². The summed E-state index contributed by atoms with van der Waals surface area (Å²) in [6, 6.07) is 10.2. The number of hydrogen-bond acceptors (Lipinski definition) is 8. The van der Waals surface area contributed by atoms with Gasteiger partial charge in [-0.3, -0.25) is 10.1 Å². The van der Waals surface area contributed by atoms with E-state index in [4.69, 9.17) is 14.0 Å². The Hall–Kier alpha value is -4.68. The van der Waals surface area contributed by atoms with Gasteiger partial charge < -0.3 is 19.3 Å². The molecule has 0 atom stereocenters. The van der Waals surface area contributed by atoms with Crippen molar-refractivity contribution < 1.29 is 36.8 Å². The number of amides is 2. The average Bonchev–Trinajstić information content (AvgIpc) is 3.21. The number of ether oxygens (including phenoxy) is 2. The van der Waals surface area contributed by atoms with Crippen LogP contribution in [-0.2, 0) is 10.9 Å². The Balaban J connectivity index is 1.47. The molecule has 0 saturated carbocycles. The van der Waals surface area contributed by atoms with Crippen molar-refractivity contribution in [3.63, 3.8) is 0 Å². The van der Waals surface area contributed by atoms with Gasteiger partial charge in [-0.2, -0.15) is 18.2 Å². The lowest BCUT2D eigenvalue weighted by Gasteiger charge is -2.19. The molecule has 0 unspecified atom stereocenters. The summed E-state index contributed by atoms with van der Waals surface area (Å²) in [5.41, 5.74) is -1.58. The molecule has 2 N–H and O–H groups in total. The molecular formula is C24H20F3N5O5. The summed E-state index contributed by atoms with van der Waals surface area (Å²) in [5.74, 6) is -0.417. The van der Waals surface area contributed by atoms with Crippen LogP contribution in [0.5, 0.6) is 11.6 Å². The zero-order valence-electron chi connectivity index (χ0n) is 19.7. The van der Waals surface area contributed by atoms with Crippen LogP contribution < -0.4 is 15.4 Å². The van der Waals surface area contributed by atoms with Gasteiger partial charge in [0.2, 0.25) is 11.8 Å². The van der Waals surface area contributed by atoms with E-state index in [0.717, 1.165) is 12.1 Å². The van der Waals surface area contributed by atoms with Crippen LogP contribution in [0.4, 0.5) is 29.6 Å². The number of fused-ring (bicyclic) bond motifs is 1. The standard InChI is InChI=1S/C24H20F3N5O5/c1-23(2,3)36-22(34)31-21-28-10-9-18(30-21)35-15-7-8-16-17(12-15)37-32-19(16)20(33)29-14-6-4-5-13(11-14)24(25,26)27/h4-12H,1-3H3,(H,29,33)(H,28,30,31,34). The highest BCUT2D eigenvalue weighted by Crippen LogP contribution is 2.31. The van der Waals surface area contributed by atoms with Gasteiger partial charge >= 0.3 is 12.3 Å². The molecule has 0 spiro atoms.